The van der Waals surface area contributed by atoms with E-state index in [2.05, 4.69) is 4.99 Å². The van der Waals surface area contributed by atoms with Gasteiger partial charge in [-0.1, -0.05) is 161 Å². The van der Waals surface area contributed by atoms with Crippen LogP contribution in [-0.2, 0) is 19.4 Å². The van der Waals surface area contributed by atoms with Gasteiger partial charge in [0.2, 0.25) is 0 Å². The molecule has 0 amide bonds. The number of aliphatic carboxylic acids is 1. The molecule has 0 radical (unpaired) electrons. The maximum Gasteiger partial charge on any atom is 0.397 e. The SMILES string of the molecule is C\C(=C/C=C/C=C/CC/C=C/C(C)C(O)C(C)C(O)/C=C/C=C/C=C/C=C/C=C/C=C\C(OS(=O)(=O)O)C(C)C(O)C(O)CC(O)/C=C/CC(O)CC(O)CC(O)/C=C/CC(O)CC(O)C(O)C(O)CC(O)CC(O)CCCN=C(N)N)C(=O)O. The van der Waals surface area contributed by atoms with Crippen LogP contribution in [0.5, 0.6) is 0 Å². The summed E-state index contributed by atoms with van der Waals surface area (Å²) in [6.45, 7) is 6.79. The second-order valence-electron chi connectivity index (χ2n) is 21.1. The van der Waals surface area contributed by atoms with E-state index in [4.69, 9.17) is 20.8 Å². The fourth-order valence-corrected chi connectivity index (χ4v) is 8.72. The number of aliphatic imine (C=N–C) groups is 1. The highest BCUT2D eigenvalue weighted by atomic mass is 32.3. The molecule has 0 spiro atoms. The number of allylic oxidation sites excluding steroid dienone is 16. The van der Waals surface area contributed by atoms with E-state index in [0.717, 1.165) is 12.8 Å². The molecular formula is C61H99N3O20S. The van der Waals surface area contributed by atoms with Crippen molar-refractivity contribution < 1.29 is 98.5 Å². The van der Waals surface area contributed by atoms with Crippen LogP contribution in [0.3, 0.4) is 0 Å². The minimum Gasteiger partial charge on any atom is -0.478 e. The van der Waals surface area contributed by atoms with Gasteiger partial charge in [-0.3, -0.25) is 9.55 Å². The number of nitrogens with two attached hydrogens (primary N) is 2. The van der Waals surface area contributed by atoms with Crippen molar-refractivity contribution in [2.75, 3.05) is 6.54 Å². The monoisotopic (exact) mass is 1230 g/mol. The average Bonchev–Trinajstić information content (AvgIpc) is 3.48. The molecular weight excluding hydrogens is 1130 g/mol. The van der Waals surface area contributed by atoms with Crippen molar-refractivity contribution in [1.29, 1.82) is 0 Å². The summed E-state index contributed by atoms with van der Waals surface area (Å²) in [5, 5.41) is 155. The Morgan fingerprint density at radius 3 is 1.53 bits per heavy atom. The molecule has 85 heavy (non-hydrogen) atoms. The number of hydrogen-bond donors (Lipinski definition) is 18. The fourth-order valence-electron chi connectivity index (χ4n) is 8.20. The molecule has 0 heterocycles. The van der Waals surface area contributed by atoms with Crippen LogP contribution in [-0.4, -0.2) is 200 Å². The largest absolute Gasteiger partial charge is 0.478 e. The van der Waals surface area contributed by atoms with Gasteiger partial charge in [-0.05, 0) is 58.3 Å². The van der Waals surface area contributed by atoms with Crippen LogP contribution in [0.4, 0.5) is 0 Å². The molecule has 0 saturated carbocycles. The van der Waals surface area contributed by atoms with Crippen molar-refractivity contribution in [2.24, 2.45) is 34.2 Å². The fraction of sp³-hybridized carbons (Fsp3) is 0.574. The molecule has 0 rings (SSSR count). The van der Waals surface area contributed by atoms with Crippen LogP contribution >= 0.6 is 0 Å². The van der Waals surface area contributed by atoms with Crippen molar-refractivity contribution in [3.8, 4) is 0 Å². The number of nitrogens with zero attached hydrogens (tertiary/aromatic N) is 1. The first kappa shape index (κ1) is 79.9. The molecule has 0 aliphatic carbocycles. The normalized spacial score (nSPS) is 20.1. The Labute approximate surface area is 501 Å². The summed E-state index contributed by atoms with van der Waals surface area (Å²) in [6.07, 6.45) is 18.1. The predicted octanol–water partition coefficient (Wildman–Crippen LogP) is 2.24. The molecule has 0 bridgehead atoms. The minimum absolute atomic E-state index is 0.0601. The van der Waals surface area contributed by atoms with E-state index < -0.39 is 126 Å². The third-order valence-electron chi connectivity index (χ3n) is 13.3. The van der Waals surface area contributed by atoms with Crippen LogP contribution in [0.1, 0.15) is 105 Å². The number of aliphatic hydroxyl groups excluding tert-OH is 14. The second-order valence-corrected chi connectivity index (χ2v) is 22.2. The number of unbranched alkanes of at least 4 members (excludes halogenated alkanes) is 1. The van der Waals surface area contributed by atoms with E-state index in [1.54, 1.807) is 73.8 Å². The molecule has 0 fully saturated rings. The highest BCUT2D eigenvalue weighted by molar-refractivity contribution is 7.80. The lowest BCUT2D eigenvalue weighted by atomic mass is 9.88. The molecule has 18 atom stereocenters. The molecule has 0 aromatic heterocycles. The first-order valence-electron chi connectivity index (χ1n) is 28.4. The predicted molar refractivity (Wildman–Crippen MR) is 326 cm³/mol. The molecule has 20 N–H and O–H groups in total. The van der Waals surface area contributed by atoms with Gasteiger partial charge in [0, 0.05) is 55.6 Å². The van der Waals surface area contributed by atoms with Gasteiger partial charge in [-0.2, -0.15) is 8.42 Å². The maximum absolute atomic E-state index is 11.6. The van der Waals surface area contributed by atoms with Crippen molar-refractivity contribution in [3.63, 3.8) is 0 Å². The van der Waals surface area contributed by atoms with E-state index in [0.29, 0.717) is 6.42 Å². The maximum atomic E-state index is 11.6. The van der Waals surface area contributed by atoms with Crippen molar-refractivity contribution in [1.82, 2.24) is 0 Å². The third-order valence-corrected chi connectivity index (χ3v) is 13.8. The molecule has 23 nitrogen and oxygen atoms in total. The van der Waals surface area contributed by atoms with Crippen LogP contribution in [0.15, 0.2) is 150 Å². The Kier molecular flexibility index (Phi) is 43.4. The molecule has 0 aromatic rings. The Balaban J connectivity index is 4.93. The lowest BCUT2D eigenvalue weighted by molar-refractivity contribution is -0.132. The smallest absolute Gasteiger partial charge is 0.397 e. The van der Waals surface area contributed by atoms with Gasteiger partial charge in [-0.15, -0.1) is 0 Å². The van der Waals surface area contributed by atoms with Crippen molar-refractivity contribution in [2.45, 2.75) is 196 Å². The second kappa shape index (κ2) is 46.1. The van der Waals surface area contributed by atoms with E-state index in [1.165, 1.54) is 62.5 Å². The molecule has 0 aliphatic rings. The van der Waals surface area contributed by atoms with Gasteiger partial charge in [0.15, 0.2) is 5.96 Å². The highest BCUT2D eigenvalue weighted by Gasteiger charge is 2.33. The van der Waals surface area contributed by atoms with E-state index in [-0.39, 0.29) is 75.4 Å². The standard InChI is InChI=1S/C61H99N3O20S/c1-41(25-18-14-10-9-11-15-19-26-42(2)60(79)80)57(76)43(3)52(72)32-20-16-12-7-5-6-8-13-17-21-33-56(84-85(81,82)83)44(4)58(77)53(73)38-48(68)29-22-27-45(65)35-50(70)36-46(66)28-23-30-49(69)39-54(74)59(78)55(75)40-51(71)37-47(67)31-24-34-64-61(62)63/h5-9,11-13,15-23,25-26,28-29,32-33,41,43-59,65-78H,10,14,24,27,30-31,34-40H2,1-4H3,(H,79,80)(H4,62,63,64)(H,81,82,83)/b7-5+,8-6+,11-9+,16-12+,17-13+,19-15+,25-18+,28-23+,29-22+,32-20+,33-21-,42-26+. The van der Waals surface area contributed by atoms with Crippen LogP contribution < -0.4 is 11.5 Å². The summed E-state index contributed by atoms with van der Waals surface area (Å²) in [6, 6.07) is 0. The number of hydrogen-bond acceptors (Lipinski definition) is 19. The Morgan fingerprint density at radius 2 is 0.976 bits per heavy atom. The first-order valence-corrected chi connectivity index (χ1v) is 29.8. The van der Waals surface area contributed by atoms with Gasteiger partial charge in [0.1, 0.15) is 12.2 Å². The topological polar surface area (TPSA) is 449 Å². The van der Waals surface area contributed by atoms with E-state index >= 15 is 0 Å². The van der Waals surface area contributed by atoms with Crippen LogP contribution in [0, 0.1) is 17.8 Å². The number of carboxylic acid groups (broad SMARTS) is 1. The number of guanidine groups is 1. The molecule has 484 valence electrons. The van der Waals surface area contributed by atoms with Gasteiger partial charge < -0.3 is 88.1 Å². The summed E-state index contributed by atoms with van der Waals surface area (Å²) in [5.41, 5.74) is 10.7. The van der Waals surface area contributed by atoms with Gasteiger partial charge in [0.05, 0.1) is 79.4 Å². The summed E-state index contributed by atoms with van der Waals surface area (Å²) in [5.74, 6) is -2.83. The van der Waals surface area contributed by atoms with Crippen LogP contribution in [0.2, 0.25) is 0 Å². The number of rotatable bonds is 46. The quantitative estimate of drug-likeness (QED) is 0.00790. The summed E-state index contributed by atoms with van der Waals surface area (Å²) in [4.78, 5) is 14.6. The lowest BCUT2D eigenvalue weighted by Gasteiger charge is -2.28. The summed E-state index contributed by atoms with van der Waals surface area (Å²) >= 11 is 0. The summed E-state index contributed by atoms with van der Waals surface area (Å²) < 4.78 is 37.4. The molecule has 0 saturated heterocycles. The Hall–Kier alpha value is -5.07. The number of carbonyl (C=O) groups is 1. The Morgan fingerprint density at radius 1 is 0.506 bits per heavy atom. The average molecular weight is 1230 g/mol. The van der Waals surface area contributed by atoms with Crippen LogP contribution in [0.25, 0.3) is 0 Å². The van der Waals surface area contributed by atoms with E-state index in [9.17, 15) is 89.3 Å². The number of carboxylic acids is 1. The minimum atomic E-state index is -5.01. The zero-order valence-corrected chi connectivity index (χ0v) is 50.0. The molecule has 18 unspecified atom stereocenters. The van der Waals surface area contributed by atoms with Gasteiger partial charge in [0.25, 0.3) is 0 Å². The molecule has 24 heteroatoms. The first-order chi connectivity index (χ1) is 39.9. The third kappa shape index (κ3) is 41.6. The zero-order chi connectivity index (χ0) is 64.5. The van der Waals surface area contributed by atoms with Crippen molar-refractivity contribution >= 4 is 22.3 Å². The molecule has 0 aromatic carbocycles. The lowest BCUT2D eigenvalue weighted by Crippen LogP contribution is -2.41. The van der Waals surface area contributed by atoms with Gasteiger partial charge in [-0.25, -0.2) is 8.98 Å². The summed E-state index contributed by atoms with van der Waals surface area (Å²) in [7, 11) is -5.01. The zero-order valence-electron chi connectivity index (χ0n) is 49.2. The number of aliphatic hydroxyl groups is 14. The molecule has 0 aliphatic heterocycles. The van der Waals surface area contributed by atoms with E-state index in [1.807, 2.05) is 31.2 Å². The van der Waals surface area contributed by atoms with Crippen molar-refractivity contribution in [3.05, 3.63) is 145 Å². The van der Waals surface area contributed by atoms with Gasteiger partial charge >= 0.3 is 16.4 Å². The highest BCUT2D eigenvalue weighted by Crippen LogP contribution is 2.23. The Bertz CT molecular complexity index is 2340.